The largest absolute Gasteiger partial charge is 0.227 e. The minimum atomic E-state index is 0.736. The van der Waals surface area contributed by atoms with E-state index in [1.54, 1.807) is 0 Å². The smallest absolute Gasteiger partial charge is 0.161 e. The van der Waals surface area contributed by atoms with E-state index in [9.17, 15) is 0 Å². The first-order chi connectivity index (χ1) is 2.77. The third-order valence-corrected chi connectivity index (χ3v) is 1.29. The maximum absolute atomic E-state index is 5.15. The fraction of sp³-hybridized carbons (Fsp3) is 1.00. The summed E-state index contributed by atoms with van der Waals surface area (Å²) in [5, 5.41) is 0. The summed E-state index contributed by atoms with van der Waals surface area (Å²) < 4.78 is 0. The van der Waals surface area contributed by atoms with Gasteiger partial charge in [-0.2, -0.15) is 0 Å². The SMILES string of the molecule is [B]SCC(C)C. The molecule has 0 heterocycles. The Labute approximate surface area is 45.0 Å². The second-order valence-electron chi connectivity index (χ2n) is 1.73. The molecule has 0 bridgehead atoms. The summed E-state index contributed by atoms with van der Waals surface area (Å²) in [6, 6.07) is 0. The van der Waals surface area contributed by atoms with Crippen molar-refractivity contribution in [2.45, 2.75) is 13.8 Å². The second-order valence-corrected chi connectivity index (χ2v) is 2.39. The molecule has 6 heavy (non-hydrogen) atoms. The highest BCUT2D eigenvalue weighted by atomic mass is 32.2. The van der Waals surface area contributed by atoms with E-state index in [0.29, 0.717) is 0 Å². The zero-order valence-corrected chi connectivity index (χ0v) is 5.09. The topological polar surface area (TPSA) is 0 Å². The molecule has 0 aromatic rings. The summed E-state index contributed by atoms with van der Waals surface area (Å²) in [5.41, 5.74) is 0. The number of rotatable bonds is 2. The minimum Gasteiger partial charge on any atom is -0.227 e. The Balaban J connectivity index is 2.63. The molecule has 0 aliphatic carbocycles. The zero-order chi connectivity index (χ0) is 4.99. The molecule has 0 fully saturated rings. The lowest BCUT2D eigenvalue weighted by Gasteiger charge is -1.96. The van der Waals surface area contributed by atoms with Crippen LogP contribution in [0.2, 0.25) is 0 Å². The van der Waals surface area contributed by atoms with Gasteiger partial charge < -0.3 is 0 Å². The van der Waals surface area contributed by atoms with Gasteiger partial charge in [0, 0.05) is 0 Å². The predicted molar refractivity (Wildman–Crippen MR) is 33.0 cm³/mol. The highest BCUT2D eigenvalue weighted by Crippen LogP contribution is 1.99. The molecule has 0 rings (SSSR count). The van der Waals surface area contributed by atoms with Crippen LogP contribution >= 0.6 is 11.6 Å². The van der Waals surface area contributed by atoms with Gasteiger partial charge in [0.2, 0.25) is 0 Å². The fourth-order valence-electron chi connectivity index (χ4n) is 0.192. The average Bonchev–Trinajstić information content (AvgIpc) is 1.35. The van der Waals surface area contributed by atoms with E-state index >= 15 is 0 Å². The molecule has 0 spiro atoms. The van der Waals surface area contributed by atoms with Crippen molar-refractivity contribution in [1.82, 2.24) is 0 Å². The molecular formula is C4H9BS. The zero-order valence-electron chi connectivity index (χ0n) is 4.27. The fourth-order valence-corrected chi connectivity index (χ4v) is 0.577. The van der Waals surface area contributed by atoms with Crippen molar-refractivity contribution >= 4 is 18.7 Å². The maximum atomic E-state index is 5.15. The van der Waals surface area contributed by atoms with Crippen LogP contribution in [-0.2, 0) is 0 Å². The van der Waals surface area contributed by atoms with Crippen LogP contribution in [-0.4, -0.2) is 12.9 Å². The molecule has 0 unspecified atom stereocenters. The number of hydrogen-bond donors (Lipinski definition) is 0. The van der Waals surface area contributed by atoms with Crippen molar-refractivity contribution in [3.05, 3.63) is 0 Å². The van der Waals surface area contributed by atoms with Gasteiger partial charge in [-0.25, -0.2) is 11.6 Å². The van der Waals surface area contributed by atoms with Crippen molar-refractivity contribution < 1.29 is 0 Å². The molecule has 2 radical (unpaired) electrons. The van der Waals surface area contributed by atoms with Crippen LogP contribution in [0.4, 0.5) is 0 Å². The van der Waals surface area contributed by atoms with Gasteiger partial charge in [0.25, 0.3) is 0 Å². The van der Waals surface area contributed by atoms with Crippen molar-refractivity contribution in [2.24, 2.45) is 5.92 Å². The number of hydrogen-bond acceptors (Lipinski definition) is 1. The Hall–Kier alpha value is 0.415. The molecule has 0 aromatic carbocycles. The first-order valence-corrected chi connectivity index (χ1v) is 3.14. The molecule has 0 aliphatic heterocycles. The van der Waals surface area contributed by atoms with E-state index in [0.717, 1.165) is 11.7 Å². The summed E-state index contributed by atoms with van der Waals surface area (Å²) in [4.78, 5) is 0. The molecular weight excluding hydrogens is 90.9 g/mol. The minimum absolute atomic E-state index is 0.736. The summed E-state index contributed by atoms with van der Waals surface area (Å²) >= 11 is 1.41. The Morgan fingerprint density at radius 3 is 2.17 bits per heavy atom. The van der Waals surface area contributed by atoms with Gasteiger partial charge >= 0.3 is 0 Å². The molecule has 0 N–H and O–H groups in total. The second kappa shape index (κ2) is 3.60. The van der Waals surface area contributed by atoms with Crippen molar-refractivity contribution in [1.29, 1.82) is 0 Å². The molecule has 0 atom stereocenters. The summed E-state index contributed by atoms with van der Waals surface area (Å²) in [5.74, 6) is 1.81. The molecule has 0 aromatic heterocycles. The lowest BCUT2D eigenvalue weighted by molar-refractivity contribution is 0.752. The summed E-state index contributed by atoms with van der Waals surface area (Å²) in [6.45, 7) is 4.31. The van der Waals surface area contributed by atoms with E-state index in [1.807, 2.05) is 0 Å². The van der Waals surface area contributed by atoms with Crippen LogP contribution in [0, 0.1) is 5.92 Å². The van der Waals surface area contributed by atoms with Crippen LogP contribution in [0.25, 0.3) is 0 Å². The third-order valence-electron chi connectivity index (χ3n) is 0.430. The molecule has 2 heteroatoms. The first kappa shape index (κ1) is 6.41. The molecule has 0 saturated heterocycles. The Kier molecular flexibility index (Phi) is 3.85. The lowest BCUT2D eigenvalue weighted by atomic mass is 10.3. The maximum Gasteiger partial charge on any atom is 0.161 e. The third kappa shape index (κ3) is 4.41. The van der Waals surface area contributed by atoms with E-state index in [4.69, 9.17) is 7.12 Å². The first-order valence-electron chi connectivity index (χ1n) is 2.09. The molecule has 0 amide bonds. The van der Waals surface area contributed by atoms with Crippen molar-refractivity contribution in [2.75, 3.05) is 5.75 Å². The standard InChI is InChI=1S/C4H9BS/c1-4(2)3-6-5/h4H,3H2,1-2H3. The van der Waals surface area contributed by atoms with Crippen LogP contribution in [0.15, 0.2) is 0 Å². The van der Waals surface area contributed by atoms with E-state index in [-0.39, 0.29) is 0 Å². The van der Waals surface area contributed by atoms with Gasteiger partial charge in [0.15, 0.2) is 7.12 Å². The van der Waals surface area contributed by atoms with Crippen LogP contribution in [0.3, 0.4) is 0 Å². The van der Waals surface area contributed by atoms with Gasteiger partial charge in [0.05, 0.1) is 0 Å². The van der Waals surface area contributed by atoms with Crippen molar-refractivity contribution in [3.63, 3.8) is 0 Å². The van der Waals surface area contributed by atoms with E-state index < -0.39 is 0 Å². The van der Waals surface area contributed by atoms with Gasteiger partial charge in [-0.3, -0.25) is 0 Å². The highest BCUT2D eigenvalue weighted by Gasteiger charge is 1.85. The van der Waals surface area contributed by atoms with Gasteiger partial charge in [-0.05, 0) is 11.7 Å². The van der Waals surface area contributed by atoms with Gasteiger partial charge in [0.1, 0.15) is 0 Å². The average molecular weight is 100.0 g/mol. The Morgan fingerprint density at radius 1 is 1.67 bits per heavy atom. The van der Waals surface area contributed by atoms with E-state index in [2.05, 4.69) is 13.8 Å². The van der Waals surface area contributed by atoms with E-state index in [1.165, 1.54) is 11.6 Å². The summed E-state index contributed by atoms with van der Waals surface area (Å²) in [6.07, 6.45) is 0. The Bertz CT molecular complexity index is 28.7. The molecule has 0 aliphatic rings. The van der Waals surface area contributed by atoms with Gasteiger partial charge in [-0.15, -0.1) is 0 Å². The monoisotopic (exact) mass is 100 g/mol. The quantitative estimate of drug-likeness (QED) is 0.473. The molecule has 0 nitrogen and oxygen atoms in total. The van der Waals surface area contributed by atoms with Crippen molar-refractivity contribution in [3.8, 4) is 0 Å². The normalized spacial score (nSPS) is 9.83. The predicted octanol–water partition coefficient (Wildman–Crippen LogP) is 1.46. The van der Waals surface area contributed by atoms with Crippen LogP contribution in [0.1, 0.15) is 13.8 Å². The van der Waals surface area contributed by atoms with Crippen LogP contribution < -0.4 is 0 Å². The highest BCUT2D eigenvalue weighted by molar-refractivity contribution is 8.19. The molecule has 0 saturated carbocycles. The lowest BCUT2D eigenvalue weighted by Crippen LogP contribution is -1.87. The Morgan fingerprint density at radius 2 is 2.17 bits per heavy atom. The summed E-state index contributed by atoms with van der Waals surface area (Å²) in [7, 11) is 5.15. The van der Waals surface area contributed by atoms with Gasteiger partial charge in [-0.1, -0.05) is 13.8 Å². The van der Waals surface area contributed by atoms with Crippen LogP contribution in [0.5, 0.6) is 0 Å². The molecule has 34 valence electrons.